The van der Waals surface area contributed by atoms with Gasteiger partial charge in [0.05, 0.1) is 5.56 Å². The van der Waals surface area contributed by atoms with Crippen LogP contribution in [0.2, 0.25) is 0 Å². The number of aromatic nitrogens is 1. The zero-order chi connectivity index (χ0) is 17.0. The molecule has 0 unspecified atom stereocenters. The summed E-state index contributed by atoms with van der Waals surface area (Å²) in [6, 6.07) is 10.7. The maximum absolute atomic E-state index is 12.6. The zero-order valence-corrected chi connectivity index (χ0v) is 13.9. The quantitative estimate of drug-likeness (QED) is 0.797. The highest BCUT2D eigenvalue weighted by atomic mass is 16.2. The smallest absolute Gasteiger partial charge is 0.254 e. The third kappa shape index (κ3) is 3.94. The molecule has 1 heterocycles. The number of carbonyl (C=O) groups excluding carboxylic acids is 2. The van der Waals surface area contributed by atoms with Gasteiger partial charge in [0.2, 0.25) is 0 Å². The Kier molecular flexibility index (Phi) is 5.11. The van der Waals surface area contributed by atoms with Crippen LogP contribution in [-0.4, -0.2) is 42.7 Å². The first-order valence-corrected chi connectivity index (χ1v) is 7.38. The molecule has 5 nitrogen and oxygen atoms in total. The average molecular weight is 311 g/mol. The van der Waals surface area contributed by atoms with E-state index in [1.54, 1.807) is 42.4 Å². The number of rotatable bonds is 5. The molecule has 0 saturated heterocycles. The average Bonchev–Trinajstić information content (AvgIpc) is 2.54. The number of benzene rings is 1. The molecule has 0 spiro atoms. The van der Waals surface area contributed by atoms with Gasteiger partial charge in [-0.1, -0.05) is 24.3 Å². The van der Waals surface area contributed by atoms with E-state index in [-0.39, 0.29) is 11.7 Å². The lowest BCUT2D eigenvalue weighted by atomic mass is 10.0. The van der Waals surface area contributed by atoms with E-state index in [2.05, 4.69) is 4.98 Å². The number of hydrogen-bond donors (Lipinski definition) is 0. The number of nitrogens with zero attached hydrogens (tertiary/aromatic N) is 3. The van der Waals surface area contributed by atoms with E-state index in [9.17, 15) is 9.59 Å². The SMILES string of the molecule is CC(=O)c1ccccc1C(=O)N(C)Cc1ccc(N(C)C)nc1. The maximum atomic E-state index is 12.6. The van der Waals surface area contributed by atoms with Crippen LogP contribution in [0.4, 0.5) is 5.82 Å². The molecule has 0 aliphatic rings. The standard InChI is InChI=1S/C18H21N3O2/c1-13(22)15-7-5-6-8-16(15)18(23)21(4)12-14-9-10-17(19-11-14)20(2)3/h5-11H,12H2,1-4H3. The van der Waals surface area contributed by atoms with Crippen molar-refractivity contribution < 1.29 is 9.59 Å². The molecule has 1 amide bonds. The summed E-state index contributed by atoms with van der Waals surface area (Å²) in [6.07, 6.45) is 1.76. The highest BCUT2D eigenvalue weighted by Crippen LogP contribution is 2.15. The molecule has 0 atom stereocenters. The molecule has 1 aromatic heterocycles. The van der Waals surface area contributed by atoms with Crippen molar-refractivity contribution in [1.29, 1.82) is 0 Å². The maximum Gasteiger partial charge on any atom is 0.254 e. The van der Waals surface area contributed by atoms with Gasteiger partial charge in [0.1, 0.15) is 5.82 Å². The number of Topliss-reactive ketones (excluding diaryl/α,β-unsaturated/α-hetero) is 1. The van der Waals surface area contributed by atoms with Crippen LogP contribution >= 0.6 is 0 Å². The van der Waals surface area contributed by atoms with E-state index in [0.29, 0.717) is 17.7 Å². The number of ketones is 1. The van der Waals surface area contributed by atoms with Gasteiger partial charge >= 0.3 is 0 Å². The molecule has 1 aromatic carbocycles. The summed E-state index contributed by atoms with van der Waals surface area (Å²) in [5.41, 5.74) is 1.82. The molecule has 0 fully saturated rings. The molecule has 0 radical (unpaired) electrons. The Morgan fingerprint density at radius 2 is 1.65 bits per heavy atom. The Morgan fingerprint density at radius 3 is 2.17 bits per heavy atom. The van der Waals surface area contributed by atoms with Crippen LogP contribution in [0.1, 0.15) is 33.2 Å². The third-order valence-electron chi connectivity index (χ3n) is 3.57. The van der Waals surface area contributed by atoms with Crippen molar-refractivity contribution in [2.24, 2.45) is 0 Å². The Balaban J connectivity index is 2.16. The van der Waals surface area contributed by atoms with Gasteiger partial charge in [-0.2, -0.15) is 0 Å². The van der Waals surface area contributed by atoms with Crippen LogP contribution in [0.3, 0.4) is 0 Å². The van der Waals surface area contributed by atoms with E-state index in [0.717, 1.165) is 11.4 Å². The molecular formula is C18H21N3O2. The first-order chi connectivity index (χ1) is 10.9. The van der Waals surface area contributed by atoms with Gasteiger partial charge in [-0.3, -0.25) is 9.59 Å². The van der Waals surface area contributed by atoms with Gasteiger partial charge in [0.25, 0.3) is 5.91 Å². The highest BCUT2D eigenvalue weighted by molar-refractivity contribution is 6.07. The largest absolute Gasteiger partial charge is 0.363 e. The third-order valence-corrected chi connectivity index (χ3v) is 3.57. The van der Waals surface area contributed by atoms with Crippen molar-refractivity contribution in [3.05, 3.63) is 59.3 Å². The fraction of sp³-hybridized carbons (Fsp3) is 0.278. The minimum atomic E-state index is -0.174. The van der Waals surface area contributed by atoms with E-state index < -0.39 is 0 Å². The monoisotopic (exact) mass is 311 g/mol. The molecule has 2 rings (SSSR count). The first kappa shape index (κ1) is 16.7. The van der Waals surface area contributed by atoms with Crippen LogP contribution in [0.15, 0.2) is 42.6 Å². The number of carbonyl (C=O) groups is 2. The van der Waals surface area contributed by atoms with Crippen LogP contribution in [0.25, 0.3) is 0 Å². The zero-order valence-electron chi connectivity index (χ0n) is 13.9. The summed E-state index contributed by atoms with van der Waals surface area (Å²) >= 11 is 0. The summed E-state index contributed by atoms with van der Waals surface area (Å²) in [5.74, 6) is 0.580. The molecule has 120 valence electrons. The van der Waals surface area contributed by atoms with Gasteiger partial charge in [0, 0.05) is 39.4 Å². The molecule has 0 aliphatic heterocycles. The van der Waals surface area contributed by atoms with Crippen molar-refractivity contribution in [2.45, 2.75) is 13.5 Å². The predicted molar refractivity (Wildman–Crippen MR) is 90.8 cm³/mol. The van der Waals surface area contributed by atoms with Gasteiger partial charge in [0.15, 0.2) is 5.78 Å². The summed E-state index contributed by atoms with van der Waals surface area (Å²) in [6.45, 7) is 1.90. The van der Waals surface area contributed by atoms with Crippen LogP contribution < -0.4 is 4.90 Å². The number of hydrogen-bond acceptors (Lipinski definition) is 4. The van der Waals surface area contributed by atoms with Crippen molar-refractivity contribution in [1.82, 2.24) is 9.88 Å². The van der Waals surface area contributed by atoms with Crippen LogP contribution in [0, 0.1) is 0 Å². The van der Waals surface area contributed by atoms with Crippen molar-refractivity contribution in [3.63, 3.8) is 0 Å². The van der Waals surface area contributed by atoms with Crippen molar-refractivity contribution in [3.8, 4) is 0 Å². The van der Waals surface area contributed by atoms with Gasteiger partial charge in [-0.05, 0) is 24.6 Å². The molecule has 23 heavy (non-hydrogen) atoms. The topological polar surface area (TPSA) is 53.5 Å². The van der Waals surface area contributed by atoms with Crippen LogP contribution in [-0.2, 0) is 6.54 Å². The molecule has 0 N–H and O–H groups in total. The lowest BCUT2D eigenvalue weighted by Crippen LogP contribution is -2.27. The van der Waals surface area contributed by atoms with E-state index in [1.807, 2.05) is 31.1 Å². The molecule has 0 aliphatic carbocycles. The Labute approximate surface area is 136 Å². The van der Waals surface area contributed by atoms with Crippen molar-refractivity contribution in [2.75, 3.05) is 26.0 Å². The molecule has 0 saturated carbocycles. The molecule has 5 heteroatoms. The van der Waals surface area contributed by atoms with Gasteiger partial charge in [-0.25, -0.2) is 4.98 Å². The van der Waals surface area contributed by atoms with Gasteiger partial charge in [-0.15, -0.1) is 0 Å². The second kappa shape index (κ2) is 7.05. The Bertz CT molecular complexity index is 708. The fourth-order valence-corrected chi connectivity index (χ4v) is 2.30. The van der Waals surface area contributed by atoms with Crippen molar-refractivity contribution >= 4 is 17.5 Å². The molecule has 0 bridgehead atoms. The van der Waals surface area contributed by atoms with E-state index >= 15 is 0 Å². The fourth-order valence-electron chi connectivity index (χ4n) is 2.30. The Hall–Kier alpha value is -2.69. The second-order valence-corrected chi connectivity index (χ2v) is 5.68. The van der Waals surface area contributed by atoms with E-state index in [4.69, 9.17) is 0 Å². The lowest BCUT2D eigenvalue weighted by molar-refractivity contribution is 0.0779. The summed E-state index contributed by atoms with van der Waals surface area (Å²) in [7, 11) is 5.58. The Morgan fingerprint density at radius 1 is 1.00 bits per heavy atom. The summed E-state index contributed by atoms with van der Waals surface area (Å²) < 4.78 is 0. The van der Waals surface area contributed by atoms with Gasteiger partial charge < -0.3 is 9.80 Å². The minimum absolute atomic E-state index is 0.112. The number of pyridine rings is 1. The summed E-state index contributed by atoms with van der Waals surface area (Å²) in [5, 5.41) is 0. The summed E-state index contributed by atoms with van der Waals surface area (Å²) in [4.78, 5) is 32.1. The number of anilines is 1. The van der Waals surface area contributed by atoms with E-state index in [1.165, 1.54) is 6.92 Å². The highest BCUT2D eigenvalue weighted by Gasteiger charge is 2.17. The molecular weight excluding hydrogens is 290 g/mol. The predicted octanol–water partition coefficient (Wildman–Crippen LogP) is 2.62. The van der Waals surface area contributed by atoms with Crippen LogP contribution in [0.5, 0.6) is 0 Å². The lowest BCUT2D eigenvalue weighted by Gasteiger charge is -2.19. The number of amides is 1. The first-order valence-electron chi connectivity index (χ1n) is 7.38. The normalized spacial score (nSPS) is 10.3. The molecule has 2 aromatic rings. The minimum Gasteiger partial charge on any atom is -0.363 e. The second-order valence-electron chi connectivity index (χ2n) is 5.68.